The van der Waals surface area contributed by atoms with E-state index in [2.05, 4.69) is 5.32 Å². The van der Waals surface area contributed by atoms with E-state index in [0.29, 0.717) is 24.3 Å². The topological polar surface area (TPSA) is 115 Å². The van der Waals surface area contributed by atoms with Crippen molar-refractivity contribution in [1.29, 1.82) is 0 Å². The Bertz CT molecular complexity index is 613. The van der Waals surface area contributed by atoms with Crippen LogP contribution in [0.4, 0.5) is 11.4 Å². The lowest BCUT2D eigenvalue weighted by Crippen LogP contribution is -2.39. The third-order valence-electron chi connectivity index (χ3n) is 3.29. The molecule has 1 saturated heterocycles. The molecule has 1 heterocycles. The standard InChI is InChI=1S/C12H14ClN3O4S/c13-10-6-8(16(18)19)5-9(11(10)14)12(17)15-7-1-3-21(20)4-2-7/h5-7H,1-4,14H2,(H,15,17). The Morgan fingerprint density at radius 2 is 2.05 bits per heavy atom. The van der Waals surface area contributed by atoms with Crippen molar-refractivity contribution in [2.24, 2.45) is 0 Å². The van der Waals surface area contributed by atoms with Crippen LogP contribution in [0, 0.1) is 10.1 Å². The van der Waals surface area contributed by atoms with Gasteiger partial charge in [0.1, 0.15) is 0 Å². The summed E-state index contributed by atoms with van der Waals surface area (Å²) in [6, 6.07) is 2.11. The molecule has 0 spiro atoms. The number of nitrogen functional groups attached to an aromatic ring is 1. The molecule has 7 nitrogen and oxygen atoms in total. The van der Waals surface area contributed by atoms with Crippen molar-refractivity contribution in [3.05, 3.63) is 32.8 Å². The predicted molar refractivity (Wildman–Crippen MR) is 80.9 cm³/mol. The molecule has 0 saturated carbocycles. The van der Waals surface area contributed by atoms with Crippen molar-refractivity contribution in [2.75, 3.05) is 17.2 Å². The van der Waals surface area contributed by atoms with Crippen molar-refractivity contribution in [2.45, 2.75) is 18.9 Å². The van der Waals surface area contributed by atoms with Crippen molar-refractivity contribution in [3.8, 4) is 0 Å². The lowest BCUT2D eigenvalue weighted by molar-refractivity contribution is -0.384. The van der Waals surface area contributed by atoms with Gasteiger partial charge in [0.05, 0.1) is 21.2 Å². The van der Waals surface area contributed by atoms with Crippen LogP contribution in [0.5, 0.6) is 0 Å². The number of carbonyl (C=O) groups excluding carboxylic acids is 1. The molecule has 21 heavy (non-hydrogen) atoms. The molecule has 3 N–H and O–H groups in total. The second kappa shape index (κ2) is 6.40. The highest BCUT2D eigenvalue weighted by atomic mass is 35.5. The number of rotatable bonds is 3. The van der Waals surface area contributed by atoms with E-state index in [1.54, 1.807) is 0 Å². The number of nitrogens with one attached hydrogen (secondary N) is 1. The number of nitro groups is 1. The van der Waals surface area contributed by atoms with E-state index in [0.717, 1.165) is 12.1 Å². The van der Waals surface area contributed by atoms with Crippen LogP contribution in [-0.2, 0) is 10.8 Å². The summed E-state index contributed by atoms with van der Waals surface area (Å²) in [5, 5.41) is 13.5. The van der Waals surface area contributed by atoms with Crippen molar-refractivity contribution < 1.29 is 13.9 Å². The van der Waals surface area contributed by atoms with Crippen LogP contribution in [0.15, 0.2) is 12.1 Å². The SMILES string of the molecule is Nc1c(Cl)cc([N+](=O)[O-])cc1C(=O)NC1CCS(=O)CC1. The number of non-ortho nitro benzene ring substituents is 1. The minimum Gasteiger partial charge on any atom is -0.397 e. The normalized spacial score (nSPS) is 21.8. The van der Waals surface area contributed by atoms with Crippen LogP contribution in [0.3, 0.4) is 0 Å². The number of nitrogens with two attached hydrogens (primary N) is 1. The molecule has 114 valence electrons. The summed E-state index contributed by atoms with van der Waals surface area (Å²) in [6.07, 6.45) is 1.22. The zero-order valence-electron chi connectivity index (χ0n) is 11.0. The summed E-state index contributed by atoms with van der Waals surface area (Å²) in [7, 11) is -0.825. The second-order valence-electron chi connectivity index (χ2n) is 4.74. The molecule has 1 aromatic carbocycles. The lowest BCUT2D eigenvalue weighted by atomic mass is 10.1. The van der Waals surface area contributed by atoms with Gasteiger partial charge in [-0.05, 0) is 12.8 Å². The molecule has 0 atom stereocenters. The number of halogens is 1. The van der Waals surface area contributed by atoms with Gasteiger partial charge in [-0.2, -0.15) is 0 Å². The van der Waals surface area contributed by atoms with Crippen molar-refractivity contribution in [3.63, 3.8) is 0 Å². The number of carbonyl (C=O) groups is 1. The molecule has 2 rings (SSSR count). The minimum absolute atomic E-state index is 0.0131. The quantitative estimate of drug-likeness (QED) is 0.494. The fourth-order valence-electron chi connectivity index (χ4n) is 2.10. The Hall–Kier alpha value is -1.67. The van der Waals surface area contributed by atoms with Gasteiger partial charge in [-0.3, -0.25) is 19.1 Å². The van der Waals surface area contributed by atoms with Gasteiger partial charge >= 0.3 is 0 Å². The highest BCUT2D eigenvalue weighted by Gasteiger charge is 2.23. The van der Waals surface area contributed by atoms with Gasteiger partial charge in [0.15, 0.2) is 0 Å². The summed E-state index contributed by atoms with van der Waals surface area (Å²) >= 11 is 5.82. The first kappa shape index (κ1) is 15.7. The molecule has 0 aliphatic carbocycles. The molecule has 9 heteroatoms. The largest absolute Gasteiger partial charge is 0.397 e. The third kappa shape index (κ3) is 3.70. The molecule has 1 fully saturated rings. The molecule has 1 aliphatic rings. The van der Waals surface area contributed by atoms with E-state index < -0.39 is 21.6 Å². The molecule has 0 aromatic heterocycles. The Labute approximate surface area is 128 Å². The summed E-state index contributed by atoms with van der Waals surface area (Å²) in [4.78, 5) is 22.4. The van der Waals surface area contributed by atoms with Crippen LogP contribution in [-0.4, -0.2) is 32.6 Å². The monoisotopic (exact) mass is 331 g/mol. The van der Waals surface area contributed by atoms with E-state index >= 15 is 0 Å². The van der Waals surface area contributed by atoms with Crippen molar-refractivity contribution in [1.82, 2.24) is 5.32 Å². The zero-order valence-corrected chi connectivity index (χ0v) is 12.6. The predicted octanol–water partition coefficient (Wildman–Crippen LogP) is 1.47. The van der Waals surface area contributed by atoms with Crippen LogP contribution >= 0.6 is 11.6 Å². The zero-order chi connectivity index (χ0) is 15.6. The van der Waals surface area contributed by atoms with Crippen LogP contribution in [0.1, 0.15) is 23.2 Å². The van der Waals surface area contributed by atoms with E-state index in [1.807, 2.05) is 0 Å². The maximum atomic E-state index is 12.2. The first-order valence-electron chi connectivity index (χ1n) is 6.27. The Balaban J connectivity index is 2.18. The van der Waals surface area contributed by atoms with E-state index in [1.165, 1.54) is 0 Å². The number of anilines is 1. The van der Waals surface area contributed by atoms with Gasteiger partial charge in [-0.15, -0.1) is 0 Å². The summed E-state index contributed by atoms with van der Waals surface area (Å²) in [5.41, 5.74) is 5.43. The molecule has 1 amide bonds. The van der Waals surface area contributed by atoms with Gasteiger partial charge < -0.3 is 11.1 Å². The maximum Gasteiger partial charge on any atom is 0.271 e. The number of hydrogen-bond acceptors (Lipinski definition) is 5. The second-order valence-corrected chi connectivity index (χ2v) is 6.85. The smallest absolute Gasteiger partial charge is 0.271 e. The van der Waals surface area contributed by atoms with Crippen LogP contribution in [0.2, 0.25) is 5.02 Å². The average Bonchev–Trinajstić information content (AvgIpc) is 2.43. The molecule has 1 aliphatic heterocycles. The average molecular weight is 332 g/mol. The Kier molecular flexibility index (Phi) is 4.79. The highest BCUT2D eigenvalue weighted by molar-refractivity contribution is 7.85. The molecule has 0 unspecified atom stereocenters. The summed E-state index contributed by atoms with van der Waals surface area (Å²) < 4.78 is 11.3. The van der Waals surface area contributed by atoms with Gasteiger partial charge in [0.2, 0.25) is 0 Å². The number of nitro benzene ring substituents is 1. The number of amides is 1. The number of benzene rings is 1. The number of hydrogen-bond donors (Lipinski definition) is 2. The van der Waals surface area contributed by atoms with Crippen molar-refractivity contribution >= 4 is 39.7 Å². The van der Waals surface area contributed by atoms with Crippen LogP contribution in [0.25, 0.3) is 0 Å². The summed E-state index contributed by atoms with van der Waals surface area (Å²) in [6.45, 7) is 0. The molecule has 0 radical (unpaired) electrons. The van der Waals surface area contributed by atoms with Gasteiger partial charge in [-0.25, -0.2) is 0 Å². The Morgan fingerprint density at radius 1 is 1.43 bits per heavy atom. The Morgan fingerprint density at radius 3 is 2.62 bits per heavy atom. The van der Waals surface area contributed by atoms with Gasteiger partial charge in [0, 0.05) is 40.5 Å². The lowest BCUT2D eigenvalue weighted by Gasteiger charge is -2.22. The minimum atomic E-state index is -0.825. The van der Waals surface area contributed by atoms with E-state index in [-0.39, 0.29) is 28.0 Å². The number of nitrogens with zero attached hydrogens (tertiary/aromatic N) is 1. The highest BCUT2D eigenvalue weighted by Crippen LogP contribution is 2.29. The van der Waals surface area contributed by atoms with E-state index in [9.17, 15) is 19.1 Å². The molecular weight excluding hydrogens is 318 g/mol. The molecule has 0 bridgehead atoms. The van der Waals surface area contributed by atoms with Crippen LogP contribution < -0.4 is 11.1 Å². The molecular formula is C12H14ClN3O4S. The first-order chi connectivity index (χ1) is 9.88. The van der Waals surface area contributed by atoms with Gasteiger partial charge in [-0.1, -0.05) is 11.6 Å². The summed E-state index contributed by atoms with van der Waals surface area (Å²) in [5.74, 6) is 0.572. The van der Waals surface area contributed by atoms with E-state index in [4.69, 9.17) is 17.3 Å². The maximum absolute atomic E-state index is 12.2. The van der Waals surface area contributed by atoms with Gasteiger partial charge in [0.25, 0.3) is 11.6 Å². The first-order valence-corrected chi connectivity index (χ1v) is 8.14. The molecule has 1 aromatic rings. The fraction of sp³-hybridized carbons (Fsp3) is 0.417. The third-order valence-corrected chi connectivity index (χ3v) is 4.99. The fourth-order valence-corrected chi connectivity index (χ4v) is 3.61.